The number of benzene rings is 2. The standard InChI is InChI=1S/C22H22N2O2.C7H16N2O.C5H12/c1-15-22(20-10-16-6-2-3-7-17(16)11-20)23-21(26)13-24(15)12-18-8-4-5-9-19(18)14-25;1-8-2-3-9-4-6-10-7-5-9;1-3-5-4-2/h2-9,14,20,22H,1,10-13H2,(H,23,26);8H,2-7H2,1H3;3-5H2,1-2H3. The first-order valence-electron chi connectivity index (χ1n) is 15.3. The normalized spacial score (nSPS) is 18.9. The Bertz CT molecular complexity index is 1070. The molecule has 7 heteroatoms. The van der Waals surface area contributed by atoms with Crippen molar-refractivity contribution in [1.29, 1.82) is 0 Å². The predicted octanol–water partition coefficient (Wildman–Crippen LogP) is 4.46. The molecule has 1 aliphatic carbocycles. The number of morpholine rings is 1. The van der Waals surface area contributed by atoms with Crippen molar-refractivity contribution < 1.29 is 14.3 Å². The smallest absolute Gasteiger partial charge is 0.240 e. The van der Waals surface area contributed by atoms with E-state index in [1.54, 1.807) is 6.07 Å². The lowest BCUT2D eigenvalue weighted by atomic mass is 9.91. The van der Waals surface area contributed by atoms with Gasteiger partial charge in [-0.2, -0.15) is 0 Å². The van der Waals surface area contributed by atoms with Crippen LogP contribution in [0.25, 0.3) is 0 Å². The SMILES string of the molecule is C=C1C(C2Cc3ccccc3C2)NC(=O)CN1Cc1ccccc1C=O.CCCCC.CNCCN1CCOCC1. The Hall–Kier alpha value is -3.00. The second-order valence-corrected chi connectivity index (χ2v) is 11.1. The van der Waals surface area contributed by atoms with E-state index in [2.05, 4.69) is 60.2 Å². The molecule has 0 aromatic heterocycles. The van der Waals surface area contributed by atoms with Crippen molar-refractivity contribution in [1.82, 2.24) is 20.4 Å². The first-order chi connectivity index (χ1) is 20.0. The Morgan fingerprint density at radius 2 is 1.66 bits per heavy atom. The quantitative estimate of drug-likeness (QED) is 0.440. The van der Waals surface area contributed by atoms with Crippen LogP contribution in [0.1, 0.15) is 60.2 Å². The third kappa shape index (κ3) is 10.1. The number of unbranched alkanes of at least 4 members (excludes halogenated alkanes) is 2. The van der Waals surface area contributed by atoms with E-state index in [0.717, 1.165) is 69.8 Å². The molecule has 0 spiro atoms. The highest BCUT2D eigenvalue weighted by molar-refractivity contribution is 5.81. The number of amides is 1. The van der Waals surface area contributed by atoms with E-state index < -0.39 is 0 Å². The van der Waals surface area contributed by atoms with Crippen molar-refractivity contribution in [3.63, 3.8) is 0 Å². The second kappa shape index (κ2) is 17.7. The number of hydrogen-bond acceptors (Lipinski definition) is 6. The molecule has 0 radical (unpaired) electrons. The number of carbonyl (C=O) groups excluding carboxylic acids is 2. The fourth-order valence-electron chi connectivity index (χ4n) is 5.60. The molecule has 5 rings (SSSR count). The molecule has 3 aliphatic rings. The summed E-state index contributed by atoms with van der Waals surface area (Å²) in [5.74, 6) is 0.343. The van der Waals surface area contributed by atoms with Crippen molar-refractivity contribution in [2.45, 2.75) is 58.5 Å². The van der Waals surface area contributed by atoms with E-state index in [9.17, 15) is 9.59 Å². The van der Waals surface area contributed by atoms with Gasteiger partial charge in [0.2, 0.25) is 5.91 Å². The van der Waals surface area contributed by atoms with E-state index in [1.807, 2.05) is 30.1 Å². The molecule has 41 heavy (non-hydrogen) atoms. The molecular weight excluding hydrogens is 512 g/mol. The summed E-state index contributed by atoms with van der Waals surface area (Å²) >= 11 is 0. The van der Waals surface area contributed by atoms with Crippen LogP contribution in [-0.2, 0) is 28.9 Å². The zero-order valence-electron chi connectivity index (χ0n) is 25.4. The summed E-state index contributed by atoms with van der Waals surface area (Å²) in [4.78, 5) is 28.1. The topological polar surface area (TPSA) is 73.9 Å². The molecule has 2 heterocycles. The molecule has 2 aromatic rings. The maximum absolute atomic E-state index is 12.3. The van der Waals surface area contributed by atoms with Gasteiger partial charge in [0.15, 0.2) is 0 Å². The van der Waals surface area contributed by atoms with Crippen LogP contribution < -0.4 is 10.6 Å². The lowest BCUT2D eigenvalue weighted by Gasteiger charge is -2.39. The third-order valence-electron chi connectivity index (χ3n) is 8.00. The Morgan fingerprint density at radius 1 is 1.02 bits per heavy atom. The number of ether oxygens (including phenoxy) is 1. The zero-order chi connectivity index (χ0) is 29.5. The average molecular weight is 563 g/mol. The number of nitrogens with zero attached hydrogens (tertiary/aromatic N) is 2. The van der Waals surface area contributed by atoms with Crippen molar-refractivity contribution >= 4 is 12.2 Å². The molecule has 1 atom stereocenters. The van der Waals surface area contributed by atoms with Crippen LogP contribution in [0.4, 0.5) is 0 Å². The van der Waals surface area contributed by atoms with Gasteiger partial charge in [0.1, 0.15) is 6.29 Å². The third-order valence-corrected chi connectivity index (χ3v) is 8.00. The lowest BCUT2D eigenvalue weighted by Crippen LogP contribution is -2.54. The monoisotopic (exact) mass is 562 g/mol. The molecule has 224 valence electrons. The largest absolute Gasteiger partial charge is 0.379 e. The van der Waals surface area contributed by atoms with Gasteiger partial charge in [0, 0.05) is 44.0 Å². The van der Waals surface area contributed by atoms with Gasteiger partial charge in [-0.15, -0.1) is 0 Å². The first-order valence-corrected chi connectivity index (χ1v) is 15.3. The number of piperazine rings is 1. The van der Waals surface area contributed by atoms with Crippen LogP contribution in [0.3, 0.4) is 0 Å². The Morgan fingerprint density at radius 3 is 2.24 bits per heavy atom. The first kappa shape index (κ1) is 32.5. The summed E-state index contributed by atoms with van der Waals surface area (Å²) < 4.78 is 5.22. The number of carbonyl (C=O) groups is 2. The summed E-state index contributed by atoms with van der Waals surface area (Å²) in [6.07, 6.45) is 6.86. The number of fused-ring (bicyclic) bond motifs is 1. The molecular formula is C34H50N4O3. The van der Waals surface area contributed by atoms with Gasteiger partial charge in [-0.25, -0.2) is 0 Å². The van der Waals surface area contributed by atoms with E-state index in [1.165, 1.54) is 30.4 Å². The number of nitrogens with one attached hydrogen (secondary N) is 2. The average Bonchev–Trinajstić information content (AvgIpc) is 3.44. The molecule has 0 bridgehead atoms. The summed E-state index contributed by atoms with van der Waals surface area (Å²) in [5, 5.41) is 6.27. The molecule has 1 amide bonds. The van der Waals surface area contributed by atoms with Crippen molar-refractivity contribution in [3.8, 4) is 0 Å². The molecule has 2 N–H and O–H groups in total. The zero-order valence-corrected chi connectivity index (χ0v) is 25.4. The maximum Gasteiger partial charge on any atom is 0.240 e. The van der Waals surface area contributed by atoms with Gasteiger partial charge in [0.05, 0.1) is 25.8 Å². The van der Waals surface area contributed by atoms with E-state index in [4.69, 9.17) is 4.74 Å². The second-order valence-electron chi connectivity index (χ2n) is 11.1. The Labute approximate surface area is 247 Å². The van der Waals surface area contributed by atoms with Crippen LogP contribution in [0.5, 0.6) is 0 Å². The van der Waals surface area contributed by atoms with Gasteiger partial charge < -0.3 is 20.3 Å². The minimum absolute atomic E-state index is 0.0157. The lowest BCUT2D eigenvalue weighted by molar-refractivity contribution is -0.124. The molecule has 1 unspecified atom stereocenters. The number of rotatable bonds is 9. The van der Waals surface area contributed by atoms with Crippen LogP contribution in [0, 0.1) is 5.92 Å². The highest BCUT2D eigenvalue weighted by atomic mass is 16.5. The van der Waals surface area contributed by atoms with E-state index in [0.29, 0.717) is 18.0 Å². The minimum atomic E-state index is -0.0629. The van der Waals surface area contributed by atoms with E-state index >= 15 is 0 Å². The summed E-state index contributed by atoms with van der Waals surface area (Å²) in [7, 11) is 1.99. The van der Waals surface area contributed by atoms with Gasteiger partial charge in [-0.1, -0.05) is 88.2 Å². The van der Waals surface area contributed by atoms with Crippen LogP contribution in [0.2, 0.25) is 0 Å². The molecule has 7 nitrogen and oxygen atoms in total. The van der Waals surface area contributed by atoms with Crippen molar-refractivity contribution in [3.05, 3.63) is 83.1 Å². The highest BCUT2D eigenvalue weighted by Gasteiger charge is 2.36. The van der Waals surface area contributed by atoms with Crippen LogP contribution in [-0.4, -0.2) is 81.0 Å². The van der Waals surface area contributed by atoms with Gasteiger partial charge in [0.25, 0.3) is 0 Å². The maximum atomic E-state index is 12.3. The van der Waals surface area contributed by atoms with Crippen molar-refractivity contribution in [2.24, 2.45) is 5.92 Å². The molecule has 2 aliphatic heterocycles. The van der Waals surface area contributed by atoms with Crippen LogP contribution >= 0.6 is 0 Å². The predicted molar refractivity (Wildman–Crippen MR) is 167 cm³/mol. The molecule has 2 saturated heterocycles. The highest BCUT2D eigenvalue weighted by Crippen LogP contribution is 2.33. The van der Waals surface area contributed by atoms with Crippen LogP contribution in [0.15, 0.2) is 60.8 Å². The fraction of sp³-hybridized carbons (Fsp3) is 0.529. The van der Waals surface area contributed by atoms with Crippen molar-refractivity contribution in [2.75, 3.05) is 53.0 Å². The number of aldehydes is 1. The summed E-state index contributed by atoms with van der Waals surface area (Å²) in [6.45, 7) is 15.8. The van der Waals surface area contributed by atoms with Gasteiger partial charge in [-0.3, -0.25) is 14.5 Å². The molecule has 0 saturated carbocycles. The molecule has 2 fully saturated rings. The minimum Gasteiger partial charge on any atom is -0.379 e. The van der Waals surface area contributed by atoms with E-state index in [-0.39, 0.29) is 18.5 Å². The fourth-order valence-corrected chi connectivity index (χ4v) is 5.60. The Kier molecular flexibility index (Phi) is 14.1. The summed E-state index contributed by atoms with van der Waals surface area (Å²) in [6, 6.07) is 15.9. The summed E-state index contributed by atoms with van der Waals surface area (Å²) in [5.41, 5.74) is 5.25. The van der Waals surface area contributed by atoms with Gasteiger partial charge >= 0.3 is 0 Å². The number of likely N-dealkylation sites (N-methyl/N-ethyl adjacent to an activating group) is 1. The Balaban J connectivity index is 0.000000254. The number of hydrogen-bond donors (Lipinski definition) is 2. The molecule has 2 aromatic carbocycles. The van der Waals surface area contributed by atoms with Gasteiger partial charge in [-0.05, 0) is 42.5 Å².